The van der Waals surface area contributed by atoms with Gasteiger partial charge in [-0.05, 0) is 31.2 Å². The number of urea groups is 1. The zero-order valence-corrected chi connectivity index (χ0v) is 13.3. The van der Waals surface area contributed by atoms with Gasteiger partial charge in [-0.15, -0.1) is 0 Å². The number of rotatable bonds is 2. The van der Waals surface area contributed by atoms with Crippen molar-refractivity contribution in [2.75, 3.05) is 36.4 Å². The van der Waals surface area contributed by atoms with E-state index >= 15 is 0 Å². The molecule has 0 radical (unpaired) electrons. The summed E-state index contributed by atoms with van der Waals surface area (Å²) in [5.74, 6) is -0.574. The molecule has 1 aromatic heterocycles. The third-order valence-electron chi connectivity index (χ3n) is 3.94. The minimum absolute atomic E-state index is 0.0239. The highest BCUT2D eigenvalue weighted by molar-refractivity contribution is 5.89. The average Bonchev–Trinajstić information content (AvgIpc) is 2.57. The number of nitrogens with one attached hydrogen (secondary N) is 1. The molecule has 0 spiro atoms. The molecular formula is C17H18F2N4O. The van der Waals surface area contributed by atoms with E-state index in [-0.39, 0.29) is 5.69 Å². The summed E-state index contributed by atoms with van der Waals surface area (Å²) in [5.41, 5.74) is 0.920. The Morgan fingerprint density at radius 3 is 2.54 bits per heavy atom. The van der Waals surface area contributed by atoms with Crippen molar-refractivity contribution in [1.82, 2.24) is 9.88 Å². The first kappa shape index (κ1) is 16.2. The number of aromatic nitrogens is 1. The van der Waals surface area contributed by atoms with Crippen molar-refractivity contribution in [3.8, 4) is 0 Å². The van der Waals surface area contributed by atoms with Gasteiger partial charge in [0.05, 0.1) is 5.69 Å². The summed E-state index contributed by atoms with van der Waals surface area (Å²) in [6, 6.07) is 8.51. The third kappa shape index (κ3) is 3.61. The first-order valence-electron chi connectivity index (χ1n) is 7.72. The van der Waals surface area contributed by atoms with Crippen molar-refractivity contribution < 1.29 is 13.6 Å². The van der Waals surface area contributed by atoms with Crippen molar-refractivity contribution >= 4 is 17.5 Å². The number of carbonyl (C=O) groups excluding carboxylic acids is 1. The van der Waals surface area contributed by atoms with E-state index in [1.807, 2.05) is 25.1 Å². The topological polar surface area (TPSA) is 48.5 Å². The van der Waals surface area contributed by atoms with Crippen molar-refractivity contribution in [1.29, 1.82) is 0 Å². The maximum absolute atomic E-state index is 13.6. The number of carbonyl (C=O) groups is 1. The number of amides is 2. The molecule has 1 N–H and O–H groups in total. The number of hydrogen-bond donors (Lipinski definition) is 1. The Bertz CT molecular complexity index is 745. The van der Waals surface area contributed by atoms with Crippen LogP contribution < -0.4 is 10.2 Å². The number of halogens is 2. The average molecular weight is 332 g/mol. The normalized spacial score (nSPS) is 14.6. The molecule has 0 saturated carbocycles. The number of aryl methyl sites for hydroxylation is 1. The van der Waals surface area contributed by atoms with Crippen LogP contribution in [0.25, 0.3) is 0 Å². The van der Waals surface area contributed by atoms with Crippen LogP contribution in [0, 0.1) is 18.6 Å². The molecule has 5 nitrogen and oxygen atoms in total. The van der Waals surface area contributed by atoms with Crippen molar-refractivity contribution in [3.63, 3.8) is 0 Å². The number of piperazine rings is 1. The fourth-order valence-corrected chi connectivity index (χ4v) is 2.63. The predicted octanol–water partition coefficient (Wildman–Crippen LogP) is 3.02. The zero-order chi connectivity index (χ0) is 17.1. The lowest BCUT2D eigenvalue weighted by Crippen LogP contribution is -2.50. The minimum Gasteiger partial charge on any atom is -0.353 e. The van der Waals surface area contributed by atoms with Gasteiger partial charge < -0.3 is 15.1 Å². The maximum Gasteiger partial charge on any atom is 0.322 e. The standard InChI is InChI=1S/C17H18F2N4O/c1-12-3-2-4-16(20-12)22-7-9-23(10-8-22)17(24)21-15-6-5-13(18)11-14(15)19/h2-6,11H,7-10H2,1H3,(H,21,24). The Balaban J connectivity index is 1.59. The molecule has 0 bridgehead atoms. The summed E-state index contributed by atoms with van der Waals surface area (Å²) in [6.45, 7) is 4.24. The number of pyridine rings is 1. The van der Waals surface area contributed by atoms with Crippen LogP contribution in [0.4, 0.5) is 25.1 Å². The second-order valence-electron chi connectivity index (χ2n) is 5.67. The number of hydrogen-bond acceptors (Lipinski definition) is 3. The van der Waals surface area contributed by atoms with Gasteiger partial charge in [-0.25, -0.2) is 18.6 Å². The van der Waals surface area contributed by atoms with Crippen LogP contribution in [0.15, 0.2) is 36.4 Å². The molecule has 1 aliphatic rings. The van der Waals surface area contributed by atoms with Crippen LogP contribution in [0.1, 0.15) is 5.69 Å². The molecule has 1 saturated heterocycles. The summed E-state index contributed by atoms with van der Waals surface area (Å²) in [7, 11) is 0. The van der Waals surface area contributed by atoms with Gasteiger partial charge >= 0.3 is 6.03 Å². The van der Waals surface area contributed by atoms with Gasteiger partial charge in [-0.3, -0.25) is 0 Å². The number of benzene rings is 1. The van der Waals surface area contributed by atoms with E-state index < -0.39 is 17.7 Å². The van der Waals surface area contributed by atoms with Crippen LogP contribution in [0.3, 0.4) is 0 Å². The van der Waals surface area contributed by atoms with Gasteiger partial charge in [0.15, 0.2) is 0 Å². The highest BCUT2D eigenvalue weighted by Crippen LogP contribution is 2.17. The van der Waals surface area contributed by atoms with Crippen LogP contribution >= 0.6 is 0 Å². The summed E-state index contributed by atoms with van der Waals surface area (Å²) in [5, 5.41) is 2.48. The molecule has 1 aromatic carbocycles. The Hall–Kier alpha value is -2.70. The van der Waals surface area contributed by atoms with Crippen molar-refractivity contribution in [2.24, 2.45) is 0 Å². The monoisotopic (exact) mass is 332 g/mol. The summed E-state index contributed by atoms with van der Waals surface area (Å²) >= 11 is 0. The largest absolute Gasteiger partial charge is 0.353 e. The van der Waals surface area contributed by atoms with Gasteiger partial charge in [-0.1, -0.05) is 6.07 Å². The first-order chi connectivity index (χ1) is 11.5. The van der Waals surface area contributed by atoms with Crippen molar-refractivity contribution in [3.05, 3.63) is 53.7 Å². The Kier molecular flexibility index (Phi) is 4.59. The maximum atomic E-state index is 13.6. The number of anilines is 2. The first-order valence-corrected chi connectivity index (χ1v) is 7.72. The molecule has 0 aliphatic carbocycles. The van der Waals surface area contributed by atoms with E-state index in [2.05, 4.69) is 15.2 Å². The molecule has 7 heteroatoms. The molecule has 2 heterocycles. The molecule has 2 aromatic rings. The van der Waals surface area contributed by atoms with E-state index in [0.717, 1.165) is 23.6 Å². The van der Waals surface area contributed by atoms with Gasteiger partial charge in [0.1, 0.15) is 17.5 Å². The van der Waals surface area contributed by atoms with E-state index in [4.69, 9.17) is 0 Å². The highest BCUT2D eigenvalue weighted by atomic mass is 19.1. The van der Waals surface area contributed by atoms with E-state index in [9.17, 15) is 13.6 Å². The minimum atomic E-state index is -0.786. The SMILES string of the molecule is Cc1cccc(N2CCN(C(=O)Nc3ccc(F)cc3F)CC2)n1. The molecule has 0 unspecified atom stereocenters. The zero-order valence-electron chi connectivity index (χ0n) is 13.3. The smallest absolute Gasteiger partial charge is 0.322 e. The summed E-state index contributed by atoms with van der Waals surface area (Å²) < 4.78 is 26.5. The van der Waals surface area contributed by atoms with Crippen LogP contribution in [-0.2, 0) is 0 Å². The molecule has 1 fully saturated rings. The highest BCUT2D eigenvalue weighted by Gasteiger charge is 2.22. The van der Waals surface area contributed by atoms with Crippen LogP contribution in [-0.4, -0.2) is 42.1 Å². The second kappa shape index (κ2) is 6.82. The van der Waals surface area contributed by atoms with E-state index in [1.165, 1.54) is 6.07 Å². The summed E-state index contributed by atoms with van der Waals surface area (Å²) in [6.07, 6.45) is 0. The predicted molar refractivity (Wildman–Crippen MR) is 88.1 cm³/mol. The molecule has 3 rings (SSSR count). The third-order valence-corrected chi connectivity index (χ3v) is 3.94. The van der Waals surface area contributed by atoms with Crippen LogP contribution in [0.5, 0.6) is 0 Å². The number of nitrogens with zero attached hydrogens (tertiary/aromatic N) is 3. The Morgan fingerprint density at radius 1 is 1.12 bits per heavy atom. The van der Waals surface area contributed by atoms with Gasteiger partial charge in [0.2, 0.25) is 0 Å². The van der Waals surface area contributed by atoms with E-state index in [0.29, 0.717) is 26.2 Å². The molecule has 0 atom stereocenters. The molecule has 2 amide bonds. The lowest BCUT2D eigenvalue weighted by atomic mass is 10.3. The fourth-order valence-electron chi connectivity index (χ4n) is 2.63. The quantitative estimate of drug-likeness (QED) is 0.920. The van der Waals surface area contributed by atoms with Gasteiger partial charge in [-0.2, -0.15) is 0 Å². The molecule has 24 heavy (non-hydrogen) atoms. The lowest BCUT2D eigenvalue weighted by Gasteiger charge is -2.35. The molecular weight excluding hydrogens is 314 g/mol. The van der Waals surface area contributed by atoms with Crippen LogP contribution in [0.2, 0.25) is 0 Å². The van der Waals surface area contributed by atoms with E-state index in [1.54, 1.807) is 4.90 Å². The summed E-state index contributed by atoms with van der Waals surface area (Å²) in [4.78, 5) is 20.4. The molecule has 1 aliphatic heterocycles. The van der Waals surface area contributed by atoms with Gasteiger partial charge in [0.25, 0.3) is 0 Å². The Labute approximate surface area is 138 Å². The van der Waals surface area contributed by atoms with Gasteiger partial charge in [0, 0.05) is 37.9 Å². The fraction of sp³-hybridized carbons (Fsp3) is 0.294. The second-order valence-corrected chi connectivity index (χ2v) is 5.67. The Morgan fingerprint density at radius 2 is 1.88 bits per heavy atom. The van der Waals surface area contributed by atoms with Crippen molar-refractivity contribution in [2.45, 2.75) is 6.92 Å². The molecule has 126 valence electrons. The lowest BCUT2D eigenvalue weighted by molar-refractivity contribution is 0.208.